The SMILES string of the molecule is Cc1nc(C2(NC(=O)CCc3ccoc3)CCC2)no1. The molecule has 0 atom stereocenters. The van der Waals surface area contributed by atoms with Gasteiger partial charge in [0.25, 0.3) is 0 Å². The Labute approximate surface area is 116 Å². The molecule has 1 amide bonds. The molecule has 1 aliphatic rings. The summed E-state index contributed by atoms with van der Waals surface area (Å²) in [7, 11) is 0. The van der Waals surface area contributed by atoms with Gasteiger partial charge in [0.15, 0.2) is 5.82 Å². The van der Waals surface area contributed by atoms with E-state index in [1.54, 1.807) is 19.5 Å². The van der Waals surface area contributed by atoms with Crippen LogP contribution in [-0.2, 0) is 16.8 Å². The number of hydrogen-bond donors (Lipinski definition) is 1. The van der Waals surface area contributed by atoms with Crippen LogP contribution in [0.1, 0.15) is 43.0 Å². The zero-order chi connectivity index (χ0) is 14.0. The first kappa shape index (κ1) is 12.9. The minimum atomic E-state index is -0.425. The second-order valence-electron chi connectivity index (χ2n) is 5.25. The first-order valence-corrected chi connectivity index (χ1v) is 6.81. The van der Waals surface area contributed by atoms with Crippen molar-refractivity contribution >= 4 is 5.91 Å². The van der Waals surface area contributed by atoms with E-state index >= 15 is 0 Å². The summed E-state index contributed by atoms with van der Waals surface area (Å²) in [5.74, 6) is 1.13. The summed E-state index contributed by atoms with van der Waals surface area (Å²) in [6, 6.07) is 1.87. The van der Waals surface area contributed by atoms with E-state index in [4.69, 9.17) is 8.94 Å². The van der Waals surface area contributed by atoms with Crippen LogP contribution in [0.15, 0.2) is 27.5 Å². The molecule has 0 bridgehead atoms. The van der Waals surface area contributed by atoms with E-state index in [1.807, 2.05) is 6.07 Å². The van der Waals surface area contributed by atoms with Gasteiger partial charge in [0.1, 0.15) is 5.54 Å². The largest absolute Gasteiger partial charge is 0.472 e. The Kier molecular flexibility index (Phi) is 3.30. The van der Waals surface area contributed by atoms with Crippen molar-refractivity contribution in [2.24, 2.45) is 0 Å². The van der Waals surface area contributed by atoms with Crippen LogP contribution in [0.25, 0.3) is 0 Å². The van der Waals surface area contributed by atoms with Gasteiger partial charge in [-0.1, -0.05) is 5.16 Å². The monoisotopic (exact) mass is 275 g/mol. The van der Waals surface area contributed by atoms with E-state index in [-0.39, 0.29) is 5.91 Å². The molecule has 6 heteroatoms. The minimum absolute atomic E-state index is 0.00773. The number of nitrogens with one attached hydrogen (secondary N) is 1. The Morgan fingerprint density at radius 2 is 2.35 bits per heavy atom. The summed E-state index contributed by atoms with van der Waals surface area (Å²) < 4.78 is 10.0. The van der Waals surface area contributed by atoms with Crippen molar-refractivity contribution < 1.29 is 13.7 Å². The highest BCUT2D eigenvalue weighted by Crippen LogP contribution is 2.39. The molecule has 0 aliphatic heterocycles. The first-order valence-electron chi connectivity index (χ1n) is 6.81. The molecule has 2 aromatic heterocycles. The molecule has 2 heterocycles. The standard InChI is InChI=1S/C14H17N3O3/c1-10-15-13(17-20-10)14(6-2-7-14)16-12(18)4-3-11-5-8-19-9-11/h5,8-9H,2-4,6-7H2,1H3,(H,16,18). The highest BCUT2D eigenvalue weighted by molar-refractivity contribution is 5.77. The molecular weight excluding hydrogens is 258 g/mol. The number of nitrogens with zero attached hydrogens (tertiary/aromatic N) is 2. The third kappa shape index (κ3) is 2.45. The molecule has 0 unspecified atom stereocenters. The molecule has 1 fully saturated rings. The molecule has 0 aromatic carbocycles. The van der Waals surface area contributed by atoms with E-state index in [0.29, 0.717) is 24.6 Å². The lowest BCUT2D eigenvalue weighted by molar-refractivity contribution is -0.124. The maximum absolute atomic E-state index is 12.1. The fraction of sp³-hybridized carbons (Fsp3) is 0.500. The highest BCUT2D eigenvalue weighted by atomic mass is 16.5. The van der Waals surface area contributed by atoms with Gasteiger partial charge in [-0.05, 0) is 37.3 Å². The summed E-state index contributed by atoms with van der Waals surface area (Å²) in [5.41, 5.74) is 0.601. The topological polar surface area (TPSA) is 81.2 Å². The molecule has 106 valence electrons. The Morgan fingerprint density at radius 1 is 1.50 bits per heavy atom. The molecule has 0 spiro atoms. The fourth-order valence-electron chi connectivity index (χ4n) is 2.45. The Bertz CT molecular complexity index is 585. The third-order valence-electron chi connectivity index (χ3n) is 3.76. The lowest BCUT2D eigenvalue weighted by Gasteiger charge is -2.39. The van der Waals surface area contributed by atoms with Crippen LogP contribution in [-0.4, -0.2) is 16.0 Å². The van der Waals surface area contributed by atoms with Crippen molar-refractivity contribution in [3.8, 4) is 0 Å². The van der Waals surface area contributed by atoms with E-state index in [0.717, 1.165) is 24.8 Å². The van der Waals surface area contributed by atoms with Gasteiger partial charge in [0, 0.05) is 13.3 Å². The van der Waals surface area contributed by atoms with Gasteiger partial charge < -0.3 is 14.3 Å². The van der Waals surface area contributed by atoms with Crippen LogP contribution in [0.5, 0.6) is 0 Å². The number of furan rings is 1. The number of rotatable bonds is 5. The van der Waals surface area contributed by atoms with Gasteiger partial charge >= 0.3 is 0 Å². The number of aryl methyl sites for hydroxylation is 2. The number of carbonyl (C=O) groups is 1. The van der Waals surface area contributed by atoms with Crippen molar-refractivity contribution in [1.29, 1.82) is 0 Å². The first-order chi connectivity index (χ1) is 9.68. The Morgan fingerprint density at radius 3 is 2.90 bits per heavy atom. The van der Waals surface area contributed by atoms with Crippen molar-refractivity contribution in [3.63, 3.8) is 0 Å². The van der Waals surface area contributed by atoms with Gasteiger partial charge in [0.2, 0.25) is 11.8 Å². The molecule has 1 N–H and O–H groups in total. The number of aromatic nitrogens is 2. The number of amides is 1. The molecule has 1 aliphatic carbocycles. The quantitative estimate of drug-likeness (QED) is 0.903. The molecule has 0 radical (unpaired) electrons. The molecule has 20 heavy (non-hydrogen) atoms. The van der Waals surface area contributed by atoms with E-state index in [9.17, 15) is 4.79 Å². The fourth-order valence-corrected chi connectivity index (χ4v) is 2.45. The predicted octanol–water partition coefficient (Wildman–Crippen LogP) is 2.10. The average molecular weight is 275 g/mol. The lowest BCUT2D eigenvalue weighted by atomic mass is 9.76. The van der Waals surface area contributed by atoms with Gasteiger partial charge in [-0.2, -0.15) is 4.98 Å². The summed E-state index contributed by atoms with van der Waals surface area (Å²) in [6.07, 6.45) is 7.17. The van der Waals surface area contributed by atoms with Crippen LogP contribution in [0.2, 0.25) is 0 Å². The van der Waals surface area contributed by atoms with Gasteiger partial charge in [0.05, 0.1) is 12.5 Å². The molecule has 6 nitrogen and oxygen atoms in total. The molecule has 2 aromatic rings. The van der Waals surface area contributed by atoms with Gasteiger partial charge in [-0.25, -0.2) is 0 Å². The highest BCUT2D eigenvalue weighted by Gasteiger charge is 2.43. The predicted molar refractivity (Wildman–Crippen MR) is 69.7 cm³/mol. The Hall–Kier alpha value is -2.11. The maximum atomic E-state index is 12.1. The average Bonchev–Trinajstić information content (AvgIpc) is 3.02. The van der Waals surface area contributed by atoms with Crippen LogP contribution >= 0.6 is 0 Å². The normalized spacial score (nSPS) is 16.6. The zero-order valence-corrected chi connectivity index (χ0v) is 11.4. The summed E-state index contributed by atoms with van der Waals surface area (Å²) in [4.78, 5) is 16.4. The molecular formula is C14H17N3O3. The molecule has 0 saturated heterocycles. The maximum Gasteiger partial charge on any atom is 0.223 e. The molecule has 3 rings (SSSR count). The second kappa shape index (κ2) is 5.11. The second-order valence-corrected chi connectivity index (χ2v) is 5.25. The lowest BCUT2D eigenvalue weighted by Crippen LogP contribution is -2.51. The van der Waals surface area contributed by atoms with Crippen LogP contribution in [0.4, 0.5) is 0 Å². The van der Waals surface area contributed by atoms with Crippen molar-refractivity contribution in [2.45, 2.75) is 44.6 Å². The van der Waals surface area contributed by atoms with Crippen LogP contribution in [0, 0.1) is 6.92 Å². The van der Waals surface area contributed by atoms with E-state index < -0.39 is 5.54 Å². The van der Waals surface area contributed by atoms with E-state index in [1.165, 1.54) is 0 Å². The summed E-state index contributed by atoms with van der Waals surface area (Å²) >= 11 is 0. The molecule has 1 saturated carbocycles. The van der Waals surface area contributed by atoms with Gasteiger partial charge in [-0.15, -0.1) is 0 Å². The van der Waals surface area contributed by atoms with Crippen molar-refractivity contribution in [2.75, 3.05) is 0 Å². The summed E-state index contributed by atoms with van der Waals surface area (Å²) in [5, 5.41) is 7.02. The smallest absolute Gasteiger partial charge is 0.223 e. The summed E-state index contributed by atoms with van der Waals surface area (Å²) in [6.45, 7) is 1.75. The third-order valence-corrected chi connectivity index (χ3v) is 3.76. The number of carbonyl (C=O) groups excluding carboxylic acids is 1. The minimum Gasteiger partial charge on any atom is -0.472 e. The van der Waals surface area contributed by atoms with Crippen molar-refractivity contribution in [1.82, 2.24) is 15.5 Å². The van der Waals surface area contributed by atoms with Crippen molar-refractivity contribution in [3.05, 3.63) is 35.9 Å². The Balaban J connectivity index is 1.61. The van der Waals surface area contributed by atoms with Gasteiger partial charge in [-0.3, -0.25) is 4.79 Å². The van der Waals surface area contributed by atoms with E-state index in [2.05, 4.69) is 15.5 Å². The zero-order valence-electron chi connectivity index (χ0n) is 11.4. The number of hydrogen-bond acceptors (Lipinski definition) is 5. The van der Waals surface area contributed by atoms with Crippen LogP contribution in [0.3, 0.4) is 0 Å². The van der Waals surface area contributed by atoms with Crippen LogP contribution < -0.4 is 5.32 Å².